The normalized spacial score (nSPS) is 8.56. The Kier molecular flexibility index (Phi) is 7.15. The zero-order chi connectivity index (χ0) is 6.95. The van der Waals surface area contributed by atoms with Crippen molar-refractivity contribution >= 4 is 16.0 Å². The van der Waals surface area contributed by atoms with E-state index in [2.05, 4.69) is 0 Å². The molecule has 0 aliphatic rings. The number of hydrogen-bond donors (Lipinski definition) is 1. The maximum Gasteiger partial charge on any atom is -0.0623 e. The van der Waals surface area contributed by atoms with Crippen molar-refractivity contribution in [2.45, 2.75) is 0 Å². The molecule has 0 fully saturated rings. The van der Waals surface area contributed by atoms with Gasteiger partial charge in [0, 0.05) is 0 Å². The van der Waals surface area contributed by atoms with Gasteiger partial charge in [0.15, 0.2) is 0 Å². The Morgan fingerprint density at radius 3 is 1.11 bits per heavy atom. The molecule has 1 rings (SSSR count). The molecule has 9 heavy (non-hydrogen) atoms. The van der Waals surface area contributed by atoms with E-state index in [1.165, 1.54) is 0 Å². The van der Waals surface area contributed by atoms with Crippen LogP contribution in [0.2, 0.25) is 0 Å². The minimum absolute atomic E-state index is 1.94. The first-order chi connectivity index (χ1) is 4.41. The van der Waals surface area contributed by atoms with E-state index < -0.39 is 16.0 Å². The fraction of sp³-hybridized carbons (Fsp3) is 0. The third kappa shape index (κ3) is 7.54. The molecule has 0 spiro atoms. The predicted octanol–water partition coefficient (Wildman–Crippen LogP) is 0.0946. The second-order valence-corrected chi connectivity index (χ2v) is 1.70. The van der Waals surface area contributed by atoms with Crippen LogP contribution in [0.3, 0.4) is 0 Å². The van der Waals surface area contributed by atoms with Gasteiger partial charge < -0.3 is 0 Å². The van der Waals surface area contributed by atoms with Crippen molar-refractivity contribution in [3.05, 3.63) is 36.4 Å². The second kappa shape index (κ2) is 7.54. The van der Waals surface area contributed by atoms with E-state index in [4.69, 9.17) is 7.84 Å². The molecule has 0 aromatic heterocycles. The van der Waals surface area contributed by atoms with Crippen molar-refractivity contribution < 1.29 is 7.84 Å². The van der Waals surface area contributed by atoms with E-state index in [0.29, 0.717) is 0 Å². The Balaban J connectivity index is 0.000000187. The number of hydrogen-bond acceptors (Lipinski definition) is 1. The van der Waals surface area contributed by atoms with Gasteiger partial charge >= 0.3 is 23.9 Å². The summed E-state index contributed by atoms with van der Waals surface area (Å²) >= 11 is -1.94. The molecule has 1 unspecified atom stereocenters. The molecule has 1 aromatic rings. The van der Waals surface area contributed by atoms with Crippen molar-refractivity contribution in [2.75, 3.05) is 0 Å². The standard InChI is InChI=1S/C6H6.AsH3O2/c1-2-4-6-5-3-1;2-1-3/h1-6H;1H2,(H,2,3). The van der Waals surface area contributed by atoms with Gasteiger partial charge in [-0.05, 0) is 0 Å². The summed E-state index contributed by atoms with van der Waals surface area (Å²) in [5.41, 5.74) is 0. The van der Waals surface area contributed by atoms with E-state index in [1.807, 2.05) is 36.4 Å². The first-order valence-electron chi connectivity index (χ1n) is 2.49. The Labute approximate surface area is 60.8 Å². The van der Waals surface area contributed by atoms with Crippen LogP contribution in [0.15, 0.2) is 36.4 Å². The summed E-state index contributed by atoms with van der Waals surface area (Å²) in [4.78, 5) is 0. The Hall–Kier alpha value is -0.462. The van der Waals surface area contributed by atoms with Crippen molar-refractivity contribution in [3.63, 3.8) is 0 Å². The third-order valence-electron chi connectivity index (χ3n) is 0.667. The molecule has 0 bridgehead atoms. The van der Waals surface area contributed by atoms with Crippen LogP contribution in [0.5, 0.6) is 0 Å². The van der Waals surface area contributed by atoms with Gasteiger partial charge in [0.05, 0.1) is 0 Å². The molecule has 0 saturated heterocycles. The fourth-order valence-corrected chi connectivity index (χ4v) is 0.385. The van der Waals surface area contributed by atoms with Crippen LogP contribution in [0.25, 0.3) is 0 Å². The van der Waals surface area contributed by atoms with Gasteiger partial charge in [-0.15, -0.1) is 0 Å². The molecule has 0 radical (unpaired) electrons. The molecule has 1 aromatic carbocycles. The second-order valence-electron chi connectivity index (χ2n) is 1.26. The number of benzene rings is 1. The van der Waals surface area contributed by atoms with Crippen LogP contribution < -0.4 is 0 Å². The van der Waals surface area contributed by atoms with Gasteiger partial charge in [0.2, 0.25) is 0 Å². The fourth-order valence-electron chi connectivity index (χ4n) is 0.385. The van der Waals surface area contributed by atoms with Gasteiger partial charge in [-0.3, -0.25) is 0 Å². The summed E-state index contributed by atoms with van der Waals surface area (Å²) in [6.45, 7) is 0. The molecule has 0 aliphatic carbocycles. The maximum atomic E-state index is 8.64. The van der Waals surface area contributed by atoms with Crippen molar-refractivity contribution in [3.8, 4) is 0 Å². The maximum absolute atomic E-state index is 8.64. The molecule has 2 nitrogen and oxygen atoms in total. The van der Waals surface area contributed by atoms with Crippen molar-refractivity contribution in [1.29, 1.82) is 0 Å². The van der Waals surface area contributed by atoms with E-state index in [0.717, 1.165) is 0 Å². The molecule has 50 valence electrons. The molecule has 0 saturated carbocycles. The molecular formula is C6H9AsO2. The summed E-state index contributed by atoms with van der Waals surface area (Å²) in [7, 11) is 0. The quantitative estimate of drug-likeness (QED) is 0.586. The number of rotatable bonds is 0. The summed E-state index contributed by atoms with van der Waals surface area (Å²) in [5, 5.41) is 0. The van der Waals surface area contributed by atoms with Gasteiger partial charge in [-0.1, -0.05) is 36.4 Å². The zero-order valence-electron chi connectivity index (χ0n) is 4.90. The summed E-state index contributed by atoms with van der Waals surface area (Å²) in [6.07, 6.45) is 0. The Morgan fingerprint density at radius 2 is 1.00 bits per heavy atom. The smallest absolute Gasteiger partial charge is 0.0623 e. The molecular weight excluding hydrogens is 179 g/mol. The SMILES string of the molecule is O=[AsH2]O.c1ccccc1. The van der Waals surface area contributed by atoms with Gasteiger partial charge in [-0.25, -0.2) is 0 Å². The first kappa shape index (κ1) is 8.54. The summed E-state index contributed by atoms with van der Waals surface area (Å²) in [6, 6.07) is 12.0. The van der Waals surface area contributed by atoms with E-state index in [1.54, 1.807) is 0 Å². The topological polar surface area (TPSA) is 37.3 Å². The van der Waals surface area contributed by atoms with E-state index in [-0.39, 0.29) is 0 Å². The van der Waals surface area contributed by atoms with Crippen LogP contribution in [0.4, 0.5) is 0 Å². The van der Waals surface area contributed by atoms with Crippen LogP contribution in [-0.2, 0) is 3.74 Å². The predicted molar refractivity (Wildman–Crippen MR) is 37.9 cm³/mol. The monoisotopic (exact) mass is 188 g/mol. The molecule has 1 N–H and O–H groups in total. The van der Waals surface area contributed by atoms with Gasteiger partial charge in [0.1, 0.15) is 0 Å². The summed E-state index contributed by atoms with van der Waals surface area (Å²) in [5.74, 6) is 0. The molecule has 0 aliphatic heterocycles. The molecule has 0 heterocycles. The third-order valence-corrected chi connectivity index (χ3v) is 0.667. The van der Waals surface area contributed by atoms with Gasteiger partial charge in [0.25, 0.3) is 0 Å². The zero-order valence-corrected chi connectivity index (χ0v) is 7.32. The van der Waals surface area contributed by atoms with Crippen molar-refractivity contribution in [2.24, 2.45) is 0 Å². The van der Waals surface area contributed by atoms with Crippen LogP contribution in [-0.4, -0.2) is 20.1 Å². The van der Waals surface area contributed by atoms with Crippen molar-refractivity contribution in [1.82, 2.24) is 0 Å². The Bertz CT molecular complexity index is 114. The van der Waals surface area contributed by atoms with Gasteiger partial charge in [-0.2, -0.15) is 0 Å². The van der Waals surface area contributed by atoms with Crippen LogP contribution in [0, 0.1) is 0 Å². The summed E-state index contributed by atoms with van der Waals surface area (Å²) < 4.78 is 15.8. The van der Waals surface area contributed by atoms with E-state index in [9.17, 15) is 0 Å². The average Bonchev–Trinajstić information content (AvgIpc) is 1.93. The van der Waals surface area contributed by atoms with E-state index >= 15 is 0 Å². The van der Waals surface area contributed by atoms with Crippen LogP contribution in [0.1, 0.15) is 0 Å². The Morgan fingerprint density at radius 1 is 0.889 bits per heavy atom. The molecule has 0 amide bonds. The first-order valence-corrected chi connectivity index (χ1v) is 4.57. The molecule has 3 heteroatoms. The minimum atomic E-state index is -1.94. The minimum Gasteiger partial charge on any atom is -0.0623 e. The average molecular weight is 188 g/mol. The molecule has 1 atom stereocenters. The van der Waals surface area contributed by atoms with Crippen LogP contribution >= 0.6 is 0 Å². The largest absolute Gasteiger partial charge is 0.0623 e.